The summed E-state index contributed by atoms with van der Waals surface area (Å²) >= 11 is 7.68. The molecule has 2 fully saturated rings. The van der Waals surface area contributed by atoms with E-state index in [0.717, 1.165) is 17.2 Å². The number of hydrogen-bond acceptors (Lipinski definition) is 16. The quantitative estimate of drug-likeness (QED) is 0.0723. The van der Waals surface area contributed by atoms with Crippen LogP contribution in [0.5, 0.6) is 0 Å². The van der Waals surface area contributed by atoms with Crippen molar-refractivity contribution < 1.29 is 41.9 Å². The molecule has 9 atom stereocenters. The van der Waals surface area contributed by atoms with Crippen molar-refractivity contribution in [3.8, 4) is 0 Å². The highest BCUT2D eigenvalue weighted by molar-refractivity contribution is 8.44. The molecule has 2 aliphatic heterocycles. The second-order valence-corrected chi connectivity index (χ2v) is 16.2. The van der Waals surface area contributed by atoms with Gasteiger partial charge >= 0.3 is 19.3 Å². The molecule has 2 aliphatic rings. The van der Waals surface area contributed by atoms with Gasteiger partial charge in [0.15, 0.2) is 29.2 Å². The average Bonchev–Trinajstić information content (AvgIpc) is 3.75. The zero-order valence-corrected chi connectivity index (χ0v) is 27.2. The third-order valence-corrected chi connectivity index (χ3v) is 10.1. The number of imidazole rings is 2. The third-order valence-electron chi connectivity index (χ3n) is 7.64. The molecule has 0 aromatic carbocycles. The van der Waals surface area contributed by atoms with Crippen molar-refractivity contribution in [3.63, 3.8) is 0 Å². The lowest BCUT2D eigenvalue weighted by Gasteiger charge is -2.25. The van der Waals surface area contributed by atoms with Crippen molar-refractivity contribution in [2.24, 2.45) is 11.8 Å². The number of thiol groups is 2. The average molecular weight is 719 g/mol. The van der Waals surface area contributed by atoms with E-state index in [2.05, 4.69) is 54.4 Å². The van der Waals surface area contributed by atoms with Crippen molar-refractivity contribution in [2.45, 2.75) is 44.1 Å². The molecule has 0 bridgehead atoms. The van der Waals surface area contributed by atoms with Crippen molar-refractivity contribution in [2.75, 3.05) is 24.7 Å². The van der Waals surface area contributed by atoms with Gasteiger partial charge in [-0.2, -0.15) is 0 Å². The summed E-state index contributed by atoms with van der Waals surface area (Å²) in [5.74, 6) is -1.18. The van der Waals surface area contributed by atoms with Gasteiger partial charge in [-0.15, -0.1) is 0 Å². The molecule has 6 heterocycles. The Labute approximate surface area is 268 Å². The van der Waals surface area contributed by atoms with E-state index in [1.54, 1.807) is 11.5 Å². The first-order valence-electron chi connectivity index (χ1n) is 13.5. The number of aromatic amines is 1. The van der Waals surface area contributed by atoms with Crippen LogP contribution in [0.3, 0.4) is 0 Å². The summed E-state index contributed by atoms with van der Waals surface area (Å²) in [5.41, 5.74) is 12.0. The Morgan fingerprint density at radius 3 is 2.50 bits per heavy atom. The molecule has 2 saturated heterocycles. The fraction of sp³-hybridized carbons (Fsp3) is 0.500. The highest BCUT2D eigenvalue weighted by Gasteiger charge is 2.49. The summed E-state index contributed by atoms with van der Waals surface area (Å²) in [6.07, 6.45) is -0.191. The fourth-order valence-electron chi connectivity index (χ4n) is 5.45. The lowest BCUT2D eigenvalue weighted by atomic mass is 10.0. The zero-order valence-electron chi connectivity index (χ0n) is 23.7. The normalized spacial score (nSPS) is 29.3. The molecular formula is C22H28N10O10P2S2. The number of hydrogen-bond donors (Lipinski definition) is 6. The van der Waals surface area contributed by atoms with Gasteiger partial charge in [-0.1, -0.05) is 31.4 Å². The molecule has 6 rings (SSSR count). The van der Waals surface area contributed by atoms with E-state index in [1.165, 1.54) is 12.7 Å². The number of aromatic nitrogens is 8. The SMILES string of the molecule is CC1[C@@H](O[P@](=O)(S)OC[C@@H]2CC(C=O)[C@H](n3cnc4c(N)ncnc43)O2)[C@H](n2c(=O)[nH]c3c(N)ncnc32)O[C@@H]1CO[P@@](=O)(O)S. The number of carbonyl (C=O) groups is 1. The van der Waals surface area contributed by atoms with E-state index < -0.39 is 68.5 Å². The summed E-state index contributed by atoms with van der Waals surface area (Å²) in [6, 6.07) is 0. The maximum Gasteiger partial charge on any atom is 0.386 e. The molecule has 2 unspecified atom stereocenters. The highest BCUT2D eigenvalue weighted by atomic mass is 32.7. The van der Waals surface area contributed by atoms with Gasteiger partial charge in [-0.05, 0) is 6.42 Å². The van der Waals surface area contributed by atoms with E-state index in [9.17, 15) is 23.6 Å². The molecule has 20 nitrogen and oxygen atoms in total. The number of nitrogens with two attached hydrogens (primary N) is 2. The summed E-state index contributed by atoms with van der Waals surface area (Å²) in [7, 11) is 0. The second kappa shape index (κ2) is 12.6. The number of nitrogen functional groups attached to an aromatic ring is 2. The lowest BCUT2D eigenvalue weighted by molar-refractivity contribution is -0.114. The van der Waals surface area contributed by atoms with Gasteiger partial charge in [-0.3, -0.25) is 18.1 Å². The summed E-state index contributed by atoms with van der Waals surface area (Å²) in [6.45, 7) is -7.54. The number of carbonyl (C=O) groups excluding carboxylic acids is 1. The number of rotatable bonds is 11. The van der Waals surface area contributed by atoms with E-state index in [0.29, 0.717) is 11.2 Å². The Hall–Kier alpha value is -2.91. The first-order chi connectivity index (χ1) is 21.8. The van der Waals surface area contributed by atoms with E-state index in [-0.39, 0.29) is 35.8 Å². The summed E-state index contributed by atoms with van der Waals surface area (Å²) in [4.78, 5) is 57.4. The fourth-order valence-corrected chi connectivity index (χ4v) is 7.54. The van der Waals surface area contributed by atoms with Crippen molar-refractivity contribution in [3.05, 3.63) is 29.5 Å². The predicted octanol–water partition coefficient (Wildman–Crippen LogP) is 1.25. The van der Waals surface area contributed by atoms with Crippen molar-refractivity contribution in [1.29, 1.82) is 0 Å². The maximum absolute atomic E-state index is 13.6. The molecule has 0 saturated carbocycles. The minimum absolute atomic E-state index is 0.00755. The van der Waals surface area contributed by atoms with Crippen molar-refractivity contribution in [1.82, 2.24) is 39.0 Å². The lowest BCUT2D eigenvalue weighted by Crippen LogP contribution is -2.32. The van der Waals surface area contributed by atoms with E-state index in [4.69, 9.17) is 34.5 Å². The van der Waals surface area contributed by atoms with Gasteiger partial charge < -0.3 is 35.6 Å². The van der Waals surface area contributed by atoms with Crippen LogP contribution in [0.2, 0.25) is 0 Å². The van der Waals surface area contributed by atoms with Crippen LogP contribution in [0.1, 0.15) is 25.8 Å². The minimum Gasteiger partial charge on any atom is -0.382 e. The largest absolute Gasteiger partial charge is 0.386 e. The summed E-state index contributed by atoms with van der Waals surface area (Å²) < 4.78 is 56.5. The van der Waals surface area contributed by atoms with Crippen LogP contribution in [-0.4, -0.2) is 81.7 Å². The zero-order chi connectivity index (χ0) is 33.0. The monoisotopic (exact) mass is 718 g/mol. The number of nitrogens with zero attached hydrogens (tertiary/aromatic N) is 7. The Morgan fingerprint density at radius 2 is 1.78 bits per heavy atom. The van der Waals surface area contributed by atoms with Gasteiger partial charge in [-0.25, -0.2) is 43.4 Å². The molecule has 0 spiro atoms. The molecule has 24 heteroatoms. The third kappa shape index (κ3) is 6.46. The highest BCUT2D eigenvalue weighted by Crippen LogP contribution is 2.58. The predicted molar refractivity (Wildman–Crippen MR) is 166 cm³/mol. The first kappa shape index (κ1) is 33.0. The Kier molecular flexibility index (Phi) is 9.04. The van der Waals surface area contributed by atoms with Crippen LogP contribution in [0.15, 0.2) is 23.8 Å². The molecule has 4 aromatic heterocycles. The van der Waals surface area contributed by atoms with Crippen LogP contribution in [0.4, 0.5) is 11.6 Å². The molecule has 0 aliphatic carbocycles. The number of anilines is 2. The molecule has 46 heavy (non-hydrogen) atoms. The first-order valence-corrected chi connectivity index (χ1v) is 18.9. The van der Waals surface area contributed by atoms with Gasteiger partial charge in [0, 0.05) is 5.92 Å². The topological polar surface area (TPSA) is 277 Å². The minimum atomic E-state index is -4.24. The number of H-pyrrole nitrogens is 1. The number of aldehydes is 1. The Balaban J connectivity index is 1.20. The van der Waals surface area contributed by atoms with Crippen LogP contribution < -0.4 is 17.2 Å². The van der Waals surface area contributed by atoms with E-state index >= 15 is 0 Å². The van der Waals surface area contributed by atoms with Gasteiger partial charge in [0.25, 0.3) is 0 Å². The summed E-state index contributed by atoms with van der Waals surface area (Å²) in [5, 5.41) is 0. The smallest absolute Gasteiger partial charge is 0.382 e. The molecule has 0 radical (unpaired) electrons. The van der Waals surface area contributed by atoms with Gasteiger partial charge in [0.05, 0.1) is 37.7 Å². The second-order valence-electron chi connectivity index (χ2n) is 10.6. The van der Waals surface area contributed by atoms with Crippen LogP contribution in [0.25, 0.3) is 22.3 Å². The number of fused-ring (bicyclic) bond motifs is 2. The molecule has 248 valence electrons. The van der Waals surface area contributed by atoms with Crippen LogP contribution in [0, 0.1) is 11.8 Å². The molecule has 4 aromatic rings. The maximum atomic E-state index is 13.6. The standard InChI is InChI=1S/C22H28N10O10P2S2/c1-9-12(5-38-43(35,36)45)41-21(32-19-14(30-22(32)34)17(24)26-7-28-19)15(9)42-44(37,46)39-4-11-2-10(3-33)20(40-11)31-8-29-13-16(23)25-6-27-18(13)31/h3,6-12,15,20-21H,2,4-5H2,1H3,(H,30,34)(H,37,46)(H2,23,25,27)(H2,24,26,28)(H2,35,36,45)/t9?,10?,11-,12+,15+,20+,21+,44+/m0/s1. The van der Waals surface area contributed by atoms with Crippen LogP contribution in [-0.2, 0) is 37.0 Å². The molecular weight excluding hydrogens is 690 g/mol. The van der Waals surface area contributed by atoms with Crippen LogP contribution >= 0.6 is 38.1 Å². The molecule has 6 N–H and O–H groups in total. The van der Waals surface area contributed by atoms with Gasteiger partial charge in [0.2, 0.25) is 0 Å². The van der Waals surface area contributed by atoms with Gasteiger partial charge in [0.1, 0.15) is 42.3 Å². The van der Waals surface area contributed by atoms with E-state index in [1.807, 2.05) is 0 Å². The Bertz CT molecular complexity index is 1940. The Morgan fingerprint density at radius 1 is 1.07 bits per heavy atom. The molecule has 0 amide bonds. The van der Waals surface area contributed by atoms with Crippen molar-refractivity contribution >= 4 is 78.3 Å². The number of nitrogens with one attached hydrogen (secondary N) is 1. The number of ether oxygens (including phenoxy) is 2.